The van der Waals surface area contributed by atoms with E-state index in [-0.39, 0.29) is 5.54 Å². The molecular weight excluding hydrogens is 174 g/mol. The van der Waals surface area contributed by atoms with E-state index in [1.54, 1.807) is 0 Å². The molecule has 1 aromatic carbocycles. The van der Waals surface area contributed by atoms with Gasteiger partial charge >= 0.3 is 0 Å². The molecule has 3 nitrogen and oxygen atoms in total. The van der Waals surface area contributed by atoms with Crippen LogP contribution in [0.4, 0.5) is 5.69 Å². The number of nitrogens with zero attached hydrogens (tertiary/aromatic N) is 2. The number of aromatic nitrogens is 2. The highest BCUT2D eigenvalue weighted by Gasteiger charge is 2.16. The highest BCUT2D eigenvalue weighted by molar-refractivity contribution is 5.82. The summed E-state index contributed by atoms with van der Waals surface area (Å²) < 4.78 is 2.00. The van der Waals surface area contributed by atoms with Crippen molar-refractivity contribution in [2.45, 2.75) is 26.3 Å². The van der Waals surface area contributed by atoms with Crippen molar-refractivity contribution in [1.29, 1.82) is 0 Å². The average Bonchev–Trinajstić information content (AvgIpc) is 2.45. The van der Waals surface area contributed by atoms with Gasteiger partial charge in [-0.15, -0.1) is 0 Å². The summed E-state index contributed by atoms with van der Waals surface area (Å²) in [5.74, 6) is 0. The summed E-state index contributed by atoms with van der Waals surface area (Å²) in [6.45, 7) is 6.38. The quantitative estimate of drug-likeness (QED) is 0.646. The van der Waals surface area contributed by atoms with E-state index in [1.807, 2.05) is 29.1 Å². The molecule has 0 aliphatic rings. The Hall–Kier alpha value is -1.51. The van der Waals surface area contributed by atoms with Crippen LogP contribution in [0.15, 0.2) is 24.4 Å². The zero-order chi connectivity index (χ0) is 10.3. The van der Waals surface area contributed by atoms with Crippen LogP contribution in [0.25, 0.3) is 10.9 Å². The van der Waals surface area contributed by atoms with Crippen LogP contribution in [0.2, 0.25) is 0 Å². The van der Waals surface area contributed by atoms with Gasteiger partial charge in [-0.25, -0.2) is 0 Å². The van der Waals surface area contributed by atoms with Gasteiger partial charge < -0.3 is 5.73 Å². The van der Waals surface area contributed by atoms with Gasteiger partial charge in [0.2, 0.25) is 0 Å². The molecule has 0 radical (unpaired) electrons. The van der Waals surface area contributed by atoms with Crippen LogP contribution in [-0.4, -0.2) is 9.78 Å². The zero-order valence-electron chi connectivity index (χ0n) is 8.78. The zero-order valence-corrected chi connectivity index (χ0v) is 8.78. The fourth-order valence-corrected chi connectivity index (χ4v) is 1.57. The SMILES string of the molecule is CC(C)(C)n1ncc2ccc(N)cc21. The van der Waals surface area contributed by atoms with E-state index in [2.05, 4.69) is 25.9 Å². The molecule has 3 heteroatoms. The first-order chi connectivity index (χ1) is 6.48. The molecule has 2 N–H and O–H groups in total. The molecule has 0 amide bonds. The lowest BCUT2D eigenvalue weighted by Crippen LogP contribution is -2.22. The first-order valence-electron chi connectivity index (χ1n) is 4.72. The number of hydrogen-bond donors (Lipinski definition) is 1. The van der Waals surface area contributed by atoms with Crippen LogP contribution >= 0.6 is 0 Å². The van der Waals surface area contributed by atoms with Gasteiger partial charge in [-0.2, -0.15) is 5.10 Å². The third-order valence-electron chi connectivity index (χ3n) is 2.23. The monoisotopic (exact) mass is 189 g/mol. The maximum atomic E-state index is 5.75. The number of fused-ring (bicyclic) bond motifs is 1. The van der Waals surface area contributed by atoms with Crippen molar-refractivity contribution in [3.63, 3.8) is 0 Å². The Bertz CT molecular complexity index is 463. The van der Waals surface area contributed by atoms with E-state index < -0.39 is 0 Å². The number of nitrogen functional groups attached to an aromatic ring is 1. The minimum absolute atomic E-state index is 0.00442. The van der Waals surface area contributed by atoms with Gasteiger partial charge in [-0.3, -0.25) is 4.68 Å². The standard InChI is InChI=1S/C11H15N3/c1-11(2,3)14-10-6-9(12)5-4-8(10)7-13-14/h4-7H,12H2,1-3H3. The van der Waals surface area contributed by atoms with Crippen LogP contribution in [0.3, 0.4) is 0 Å². The summed E-state index contributed by atoms with van der Waals surface area (Å²) in [6, 6.07) is 5.87. The first-order valence-corrected chi connectivity index (χ1v) is 4.72. The van der Waals surface area contributed by atoms with Crippen molar-refractivity contribution in [3.8, 4) is 0 Å². The van der Waals surface area contributed by atoms with Crippen molar-refractivity contribution in [2.75, 3.05) is 5.73 Å². The predicted octanol–water partition coefficient (Wildman–Crippen LogP) is 2.37. The third kappa shape index (κ3) is 1.35. The molecule has 0 saturated carbocycles. The molecule has 0 unspecified atom stereocenters. The van der Waals surface area contributed by atoms with Gasteiger partial charge in [0.05, 0.1) is 17.3 Å². The molecule has 0 aliphatic carbocycles. The van der Waals surface area contributed by atoms with Crippen LogP contribution in [0.5, 0.6) is 0 Å². The summed E-state index contributed by atoms with van der Waals surface area (Å²) in [5, 5.41) is 5.50. The Morgan fingerprint density at radius 3 is 2.64 bits per heavy atom. The summed E-state index contributed by atoms with van der Waals surface area (Å²) in [4.78, 5) is 0. The minimum Gasteiger partial charge on any atom is -0.399 e. The summed E-state index contributed by atoms with van der Waals surface area (Å²) in [6.07, 6.45) is 1.88. The van der Waals surface area contributed by atoms with Crippen LogP contribution in [0, 0.1) is 0 Å². The second kappa shape index (κ2) is 2.74. The molecule has 1 heterocycles. The Kier molecular flexibility index (Phi) is 1.77. The van der Waals surface area contributed by atoms with Crippen molar-refractivity contribution in [1.82, 2.24) is 9.78 Å². The fourth-order valence-electron chi connectivity index (χ4n) is 1.57. The predicted molar refractivity (Wildman–Crippen MR) is 59.1 cm³/mol. The lowest BCUT2D eigenvalue weighted by atomic mass is 10.1. The Labute approximate surface area is 83.5 Å². The highest BCUT2D eigenvalue weighted by atomic mass is 15.3. The first kappa shape index (κ1) is 9.06. The number of nitrogens with two attached hydrogens (primary N) is 1. The van der Waals surface area contributed by atoms with Gasteiger partial charge in [0.15, 0.2) is 0 Å². The number of hydrogen-bond acceptors (Lipinski definition) is 2. The largest absolute Gasteiger partial charge is 0.399 e. The molecule has 0 atom stereocenters. The summed E-state index contributed by atoms with van der Waals surface area (Å²) >= 11 is 0. The van der Waals surface area contributed by atoms with Crippen LogP contribution in [-0.2, 0) is 5.54 Å². The Morgan fingerprint density at radius 1 is 1.29 bits per heavy atom. The van der Waals surface area contributed by atoms with E-state index >= 15 is 0 Å². The van der Waals surface area contributed by atoms with Crippen molar-refractivity contribution >= 4 is 16.6 Å². The van der Waals surface area contributed by atoms with Crippen LogP contribution in [0.1, 0.15) is 20.8 Å². The van der Waals surface area contributed by atoms with E-state index in [0.717, 1.165) is 16.6 Å². The molecule has 0 aliphatic heterocycles. The molecular formula is C11H15N3. The van der Waals surface area contributed by atoms with E-state index in [9.17, 15) is 0 Å². The second-order valence-electron chi connectivity index (χ2n) is 4.55. The molecule has 14 heavy (non-hydrogen) atoms. The smallest absolute Gasteiger partial charge is 0.0709 e. The molecule has 74 valence electrons. The lowest BCUT2D eigenvalue weighted by molar-refractivity contribution is 0.368. The molecule has 0 spiro atoms. The Morgan fingerprint density at radius 2 is 2.00 bits per heavy atom. The summed E-state index contributed by atoms with van der Waals surface area (Å²) in [5.41, 5.74) is 7.63. The van der Waals surface area contributed by atoms with Crippen molar-refractivity contribution < 1.29 is 0 Å². The van der Waals surface area contributed by atoms with Crippen LogP contribution < -0.4 is 5.73 Å². The van der Waals surface area contributed by atoms with Gasteiger partial charge in [0.25, 0.3) is 0 Å². The Balaban J connectivity index is 2.73. The lowest BCUT2D eigenvalue weighted by Gasteiger charge is -2.20. The topological polar surface area (TPSA) is 43.8 Å². The minimum atomic E-state index is -0.00442. The normalized spacial score (nSPS) is 12.2. The van der Waals surface area contributed by atoms with Gasteiger partial charge in [-0.05, 0) is 39.0 Å². The average molecular weight is 189 g/mol. The number of anilines is 1. The van der Waals surface area contributed by atoms with E-state index in [4.69, 9.17) is 5.73 Å². The third-order valence-corrected chi connectivity index (χ3v) is 2.23. The second-order valence-corrected chi connectivity index (χ2v) is 4.55. The number of rotatable bonds is 0. The van der Waals surface area contributed by atoms with E-state index in [1.165, 1.54) is 0 Å². The molecule has 0 saturated heterocycles. The maximum Gasteiger partial charge on any atom is 0.0709 e. The fraction of sp³-hybridized carbons (Fsp3) is 0.364. The molecule has 1 aromatic heterocycles. The highest BCUT2D eigenvalue weighted by Crippen LogP contribution is 2.23. The van der Waals surface area contributed by atoms with Gasteiger partial charge in [0.1, 0.15) is 0 Å². The maximum absolute atomic E-state index is 5.75. The summed E-state index contributed by atoms with van der Waals surface area (Å²) in [7, 11) is 0. The van der Waals surface area contributed by atoms with Crippen molar-refractivity contribution in [3.05, 3.63) is 24.4 Å². The van der Waals surface area contributed by atoms with Gasteiger partial charge in [0, 0.05) is 11.1 Å². The molecule has 0 bridgehead atoms. The van der Waals surface area contributed by atoms with E-state index in [0.29, 0.717) is 0 Å². The van der Waals surface area contributed by atoms with Crippen molar-refractivity contribution in [2.24, 2.45) is 0 Å². The molecule has 2 rings (SSSR count). The molecule has 2 aromatic rings. The van der Waals surface area contributed by atoms with Gasteiger partial charge in [-0.1, -0.05) is 0 Å². The molecule has 0 fully saturated rings. The number of benzene rings is 1.